The predicted molar refractivity (Wildman–Crippen MR) is 111 cm³/mol. The van der Waals surface area contributed by atoms with E-state index in [0.717, 1.165) is 25.9 Å². The van der Waals surface area contributed by atoms with Crippen LogP contribution in [0.5, 0.6) is 0 Å². The summed E-state index contributed by atoms with van der Waals surface area (Å²) in [4.78, 5) is 25.9. The molecule has 2 saturated heterocycles. The van der Waals surface area contributed by atoms with E-state index in [9.17, 15) is 13.2 Å². The number of likely N-dealkylation sites (tertiary alicyclic amines) is 1. The lowest BCUT2D eigenvalue weighted by Crippen LogP contribution is -2.38. The van der Waals surface area contributed by atoms with Crippen LogP contribution < -0.4 is 9.62 Å². The van der Waals surface area contributed by atoms with Gasteiger partial charge in [-0.15, -0.1) is 0 Å². The van der Waals surface area contributed by atoms with Crippen molar-refractivity contribution >= 4 is 21.9 Å². The summed E-state index contributed by atoms with van der Waals surface area (Å²) in [5, 5.41) is -0.456. The van der Waals surface area contributed by atoms with Gasteiger partial charge in [0.25, 0.3) is 5.91 Å². The molecule has 3 rings (SSSR count). The Bertz CT molecular complexity index is 805. The number of carbonyl (C=O) groups is 1. The second-order valence-corrected chi connectivity index (χ2v) is 9.72. The van der Waals surface area contributed by atoms with Gasteiger partial charge in [0, 0.05) is 45.3 Å². The Kier molecular flexibility index (Phi) is 7.42. The molecule has 0 aliphatic carbocycles. The van der Waals surface area contributed by atoms with Gasteiger partial charge in [-0.05, 0) is 26.2 Å². The van der Waals surface area contributed by atoms with E-state index >= 15 is 0 Å². The first kappa shape index (κ1) is 21.9. The van der Waals surface area contributed by atoms with E-state index in [4.69, 9.17) is 4.74 Å². The Balaban J connectivity index is 1.79. The van der Waals surface area contributed by atoms with Gasteiger partial charge in [0.1, 0.15) is 0 Å². The molecule has 0 spiro atoms. The van der Waals surface area contributed by atoms with Gasteiger partial charge in [0.2, 0.25) is 16.0 Å². The molecule has 1 aromatic rings. The number of amides is 1. The molecule has 0 unspecified atom stereocenters. The summed E-state index contributed by atoms with van der Waals surface area (Å²) in [5.41, 5.74) is 1.05. The van der Waals surface area contributed by atoms with Crippen molar-refractivity contribution in [3.05, 3.63) is 17.5 Å². The molecule has 0 radical (unpaired) electrons. The Morgan fingerprint density at radius 1 is 1.24 bits per heavy atom. The van der Waals surface area contributed by atoms with Gasteiger partial charge < -0.3 is 14.5 Å². The van der Waals surface area contributed by atoms with Crippen molar-refractivity contribution in [1.29, 1.82) is 0 Å². The highest BCUT2D eigenvalue weighted by atomic mass is 32.2. The van der Waals surface area contributed by atoms with Crippen molar-refractivity contribution in [3.63, 3.8) is 0 Å². The predicted octanol–water partition coefficient (Wildman–Crippen LogP) is 0.810. The lowest BCUT2D eigenvalue weighted by Gasteiger charge is -2.27. The second kappa shape index (κ2) is 9.82. The summed E-state index contributed by atoms with van der Waals surface area (Å²) in [6.45, 7) is 7.82. The summed E-state index contributed by atoms with van der Waals surface area (Å²) in [6.07, 6.45) is 4.48. The second-order valence-electron chi connectivity index (χ2n) is 7.54. The number of rotatable bonds is 8. The molecule has 1 atom stereocenters. The first-order valence-corrected chi connectivity index (χ1v) is 11.9. The lowest BCUT2D eigenvalue weighted by atomic mass is 10.1. The number of carbonyl (C=O) groups excluding carboxylic acids is 1. The lowest BCUT2D eigenvalue weighted by molar-refractivity contribution is 0.0790. The third-order valence-electron chi connectivity index (χ3n) is 5.54. The molecule has 0 bridgehead atoms. The maximum absolute atomic E-state index is 12.9. The first-order valence-electron chi connectivity index (χ1n) is 10.4. The van der Waals surface area contributed by atoms with Crippen LogP contribution in [-0.4, -0.2) is 80.4 Å². The number of aromatic nitrogens is 2. The van der Waals surface area contributed by atoms with Crippen molar-refractivity contribution in [2.45, 2.75) is 44.8 Å². The summed E-state index contributed by atoms with van der Waals surface area (Å²) >= 11 is 0. The Morgan fingerprint density at radius 3 is 2.59 bits per heavy atom. The number of morpholine rings is 1. The van der Waals surface area contributed by atoms with Crippen molar-refractivity contribution in [3.8, 4) is 0 Å². The number of nitrogens with one attached hydrogen (secondary N) is 1. The van der Waals surface area contributed by atoms with Crippen LogP contribution >= 0.6 is 0 Å². The normalized spacial score (nSPS) is 18.8. The van der Waals surface area contributed by atoms with Crippen molar-refractivity contribution < 1.29 is 17.9 Å². The standard InChI is InChI=1S/C19H31N5O4S/c1-3-15(2)29(26,27)21-7-6-17-16(18(25)23-8-4-5-9-23)14-20-19(22-17)24-10-12-28-13-11-24/h14-15,21H,3-13H2,1-2H3/t15-/m0/s1. The van der Waals surface area contributed by atoms with E-state index in [1.807, 2.05) is 16.7 Å². The van der Waals surface area contributed by atoms with Crippen LogP contribution in [0.25, 0.3) is 0 Å². The fourth-order valence-corrected chi connectivity index (χ4v) is 4.57. The minimum Gasteiger partial charge on any atom is -0.378 e. The highest BCUT2D eigenvalue weighted by Crippen LogP contribution is 2.18. The summed E-state index contributed by atoms with van der Waals surface area (Å²) < 4.78 is 32.5. The third kappa shape index (κ3) is 5.43. The Hall–Kier alpha value is -1.78. The largest absolute Gasteiger partial charge is 0.378 e. The first-order chi connectivity index (χ1) is 13.9. The van der Waals surface area contributed by atoms with Gasteiger partial charge in [-0.1, -0.05) is 6.92 Å². The van der Waals surface area contributed by atoms with Gasteiger partial charge in [-0.25, -0.2) is 23.1 Å². The molecule has 10 heteroatoms. The number of ether oxygens (including phenoxy) is 1. The molecule has 2 aliphatic heterocycles. The number of hydrogen-bond donors (Lipinski definition) is 1. The highest BCUT2D eigenvalue weighted by molar-refractivity contribution is 7.90. The maximum atomic E-state index is 12.9. The van der Waals surface area contributed by atoms with Crippen LogP contribution in [0.1, 0.15) is 49.2 Å². The fourth-order valence-electron chi connectivity index (χ4n) is 3.46. The van der Waals surface area contributed by atoms with Gasteiger partial charge >= 0.3 is 0 Å². The maximum Gasteiger partial charge on any atom is 0.257 e. The third-order valence-corrected chi connectivity index (χ3v) is 7.54. The number of anilines is 1. The zero-order valence-electron chi connectivity index (χ0n) is 17.3. The van der Waals surface area contributed by atoms with Gasteiger partial charge in [0.15, 0.2) is 0 Å². The Morgan fingerprint density at radius 2 is 1.93 bits per heavy atom. The van der Waals surface area contributed by atoms with Crippen molar-refractivity contribution in [2.24, 2.45) is 0 Å². The van der Waals surface area contributed by atoms with E-state index in [1.54, 1.807) is 13.1 Å². The molecule has 1 aromatic heterocycles. The zero-order chi connectivity index (χ0) is 20.9. The van der Waals surface area contributed by atoms with Crippen LogP contribution in [-0.2, 0) is 21.2 Å². The molecule has 9 nitrogen and oxygen atoms in total. The molecule has 0 aromatic carbocycles. The molecule has 0 saturated carbocycles. The summed E-state index contributed by atoms with van der Waals surface area (Å²) in [5.74, 6) is 0.488. The Labute approximate surface area is 172 Å². The van der Waals surface area contributed by atoms with Crippen LogP contribution in [0.2, 0.25) is 0 Å². The van der Waals surface area contributed by atoms with E-state index in [0.29, 0.717) is 56.4 Å². The van der Waals surface area contributed by atoms with Crippen LogP contribution in [0.3, 0.4) is 0 Å². The minimum absolute atomic E-state index is 0.0733. The van der Waals surface area contributed by atoms with E-state index in [2.05, 4.69) is 14.7 Å². The number of sulfonamides is 1. The monoisotopic (exact) mass is 425 g/mol. The fraction of sp³-hybridized carbons (Fsp3) is 0.737. The van der Waals surface area contributed by atoms with E-state index in [1.165, 1.54) is 0 Å². The number of hydrogen-bond acceptors (Lipinski definition) is 7. The molecule has 1 N–H and O–H groups in total. The molecule has 162 valence electrons. The van der Waals surface area contributed by atoms with Gasteiger partial charge in [-0.3, -0.25) is 4.79 Å². The zero-order valence-corrected chi connectivity index (χ0v) is 18.1. The van der Waals surface area contributed by atoms with E-state index < -0.39 is 15.3 Å². The van der Waals surface area contributed by atoms with Crippen LogP contribution in [0.4, 0.5) is 5.95 Å². The molecule has 2 fully saturated rings. The molecule has 2 aliphatic rings. The molecular weight excluding hydrogens is 394 g/mol. The number of nitrogens with zero attached hydrogens (tertiary/aromatic N) is 4. The van der Waals surface area contributed by atoms with Gasteiger partial charge in [0.05, 0.1) is 29.7 Å². The highest BCUT2D eigenvalue weighted by Gasteiger charge is 2.25. The van der Waals surface area contributed by atoms with Gasteiger partial charge in [-0.2, -0.15) is 0 Å². The molecule has 1 amide bonds. The van der Waals surface area contributed by atoms with Crippen LogP contribution in [0.15, 0.2) is 6.20 Å². The summed E-state index contributed by atoms with van der Waals surface area (Å²) in [6, 6.07) is 0. The van der Waals surface area contributed by atoms with Crippen LogP contribution in [0, 0.1) is 0 Å². The van der Waals surface area contributed by atoms with E-state index in [-0.39, 0.29) is 12.5 Å². The average molecular weight is 426 g/mol. The molecule has 29 heavy (non-hydrogen) atoms. The average Bonchev–Trinajstić information content (AvgIpc) is 3.28. The minimum atomic E-state index is -3.38. The molecule has 3 heterocycles. The smallest absolute Gasteiger partial charge is 0.257 e. The SMILES string of the molecule is CC[C@H](C)S(=O)(=O)NCCc1nc(N2CCOCC2)ncc1C(=O)N1CCCC1. The topological polar surface area (TPSA) is 105 Å². The molecular formula is C19H31N5O4S. The summed E-state index contributed by atoms with van der Waals surface area (Å²) in [7, 11) is -3.38. The van der Waals surface area contributed by atoms with Crippen molar-refractivity contribution in [2.75, 3.05) is 50.8 Å². The van der Waals surface area contributed by atoms with Crippen molar-refractivity contribution in [1.82, 2.24) is 19.6 Å². The quantitative estimate of drug-likeness (QED) is 0.657.